The zero-order valence-corrected chi connectivity index (χ0v) is 15.6. The van der Waals surface area contributed by atoms with Crippen molar-refractivity contribution in [1.82, 2.24) is 14.7 Å². The number of aromatic nitrogens is 2. The lowest BCUT2D eigenvalue weighted by Crippen LogP contribution is -2.50. The summed E-state index contributed by atoms with van der Waals surface area (Å²) >= 11 is 0. The van der Waals surface area contributed by atoms with E-state index in [4.69, 9.17) is 4.74 Å². The molecule has 2 aromatic carbocycles. The largest absolute Gasteiger partial charge is 0.495 e. The van der Waals surface area contributed by atoms with Crippen LogP contribution in [0, 0.1) is 5.82 Å². The molecule has 0 bridgehead atoms. The van der Waals surface area contributed by atoms with E-state index in [0.29, 0.717) is 31.1 Å². The Kier molecular flexibility index (Phi) is 5.08. The highest BCUT2D eigenvalue weighted by atomic mass is 19.1. The van der Waals surface area contributed by atoms with Crippen LogP contribution >= 0.6 is 0 Å². The van der Waals surface area contributed by atoms with Crippen LogP contribution in [-0.4, -0.2) is 47.3 Å². The summed E-state index contributed by atoms with van der Waals surface area (Å²) in [5.41, 5.74) is 2.44. The van der Waals surface area contributed by atoms with E-state index in [1.54, 1.807) is 35.0 Å². The second kappa shape index (κ2) is 7.82. The van der Waals surface area contributed by atoms with Crippen LogP contribution in [0.2, 0.25) is 0 Å². The highest BCUT2D eigenvalue weighted by Crippen LogP contribution is 2.29. The van der Waals surface area contributed by atoms with Gasteiger partial charge in [-0.15, -0.1) is 0 Å². The van der Waals surface area contributed by atoms with Crippen molar-refractivity contribution in [2.45, 2.75) is 6.54 Å². The number of nitrogens with zero attached hydrogens (tertiary/aromatic N) is 4. The van der Waals surface area contributed by atoms with E-state index in [1.165, 1.54) is 12.1 Å². The molecule has 28 heavy (non-hydrogen) atoms. The van der Waals surface area contributed by atoms with Gasteiger partial charge >= 0.3 is 0 Å². The van der Waals surface area contributed by atoms with Gasteiger partial charge in [-0.2, -0.15) is 5.10 Å². The smallest absolute Gasteiger partial charge is 0.241 e. The van der Waals surface area contributed by atoms with Crippen molar-refractivity contribution in [1.29, 1.82) is 0 Å². The molecule has 1 fully saturated rings. The number of benzene rings is 2. The minimum Gasteiger partial charge on any atom is -0.495 e. The molecular weight excluding hydrogens is 359 g/mol. The molecule has 7 heteroatoms. The number of carbonyl (C=O) groups excluding carboxylic acids is 1. The molecule has 1 aromatic heterocycles. The van der Waals surface area contributed by atoms with Gasteiger partial charge in [-0.3, -0.25) is 9.69 Å². The summed E-state index contributed by atoms with van der Waals surface area (Å²) in [5.74, 6) is 0.432. The zero-order chi connectivity index (χ0) is 19.5. The third-order valence-corrected chi connectivity index (χ3v) is 4.79. The molecule has 1 aliphatic rings. The molecule has 2 heterocycles. The van der Waals surface area contributed by atoms with Crippen LogP contribution in [0.25, 0.3) is 5.69 Å². The molecule has 144 valence electrons. The van der Waals surface area contributed by atoms with Crippen LogP contribution in [0.1, 0.15) is 5.56 Å². The Morgan fingerprint density at radius 3 is 2.79 bits per heavy atom. The monoisotopic (exact) mass is 380 g/mol. The minimum absolute atomic E-state index is 0.0354. The first-order valence-electron chi connectivity index (χ1n) is 9.09. The van der Waals surface area contributed by atoms with E-state index >= 15 is 0 Å². The average Bonchev–Trinajstić information content (AvgIpc) is 3.17. The topological polar surface area (TPSA) is 50.6 Å². The van der Waals surface area contributed by atoms with E-state index in [0.717, 1.165) is 17.8 Å². The number of hydrogen-bond acceptors (Lipinski definition) is 4. The van der Waals surface area contributed by atoms with Crippen molar-refractivity contribution in [3.63, 3.8) is 0 Å². The third-order valence-electron chi connectivity index (χ3n) is 4.79. The second-order valence-corrected chi connectivity index (χ2v) is 6.70. The van der Waals surface area contributed by atoms with Crippen molar-refractivity contribution in [3.05, 3.63) is 72.3 Å². The van der Waals surface area contributed by atoms with Crippen LogP contribution in [0.4, 0.5) is 10.1 Å². The number of amides is 1. The molecular formula is C21H21FN4O2. The van der Waals surface area contributed by atoms with Crippen LogP contribution in [0.15, 0.2) is 60.9 Å². The predicted octanol–water partition coefficient (Wildman–Crippen LogP) is 2.87. The number of carbonyl (C=O) groups is 1. The lowest BCUT2D eigenvalue weighted by atomic mass is 10.2. The van der Waals surface area contributed by atoms with E-state index in [1.807, 2.05) is 30.5 Å². The lowest BCUT2D eigenvalue weighted by molar-refractivity contribution is -0.121. The maximum absolute atomic E-state index is 13.4. The second-order valence-electron chi connectivity index (χ2n) is 6.70. The summed E-state index contributed by atoms with van der Waals surface area (Å²) in [6.45, 7) is 2.27. The van der Waals surface area contributed by atoms with Crippen LogP contribution in [0.3, 0.4) is 0 Å². The quantitative estimate of drug-likeness (QED) is 0.683. The standard InChI is InChI=1S/C21H21FN4O2/c1-28-20-8-3-2-7-19(20)25-10-9-24(15-21(25)27)13-16-12-23-26(14-16)18-6-4-5-17(22)11-18/h2-8,11-12,14H,9-10,13,15H2,1H3. The SMILES string of the molecule is COc1ccccc1N1CCN(Cc2cnn(-c3cccc(F)c3)c2)CC1=O. The molecule has 3 aromatic rings. The Morgan fingerprint density at radius 1 is 1.14 bits per heavy atom. The third kappa shape index (κ3) is 3.75. The Morgan fingerprint density at radius 2 is 2.00 bits per heavy atom. The summed E-state index contributed by atoms with van der Waals surface area (Å²) in [6, 6.07) is 13.8. The molecule has 1 saturated heterocycles. The van der Waals surface area contributed by atoms with Crippen molar-refractivity contribution in [2.75, 3.05) is 31.6 Å². The van der Waals surface area contributed by atoms with E-state index in [2.05, 4.69) is 10.00 Å². The van der Waals surface area contributed by atoms with Gasteiger partial charge in [-0.1, -0.05) is 18.2 Å². The Balaban J connectivity index is 1.42. The summed E-state index contributed by atoms with van der Waals surface area (Å²) in [5, 5.41) is 4.31. The number of piperazine rings is 1. The molecule has 0 spiro atoms. The number of halogens is 1. The molecule has 0 radical (unpaired) electrons. The lowest BCUT2D eigenvalue weighted by Gasteiger charge is -2.34. The Labute approximate surface area is 162 Å². The fourth-order valence-corrected chi connectivity index (χ4v) is 3.42. The van der Waals surface area contributed by atoms with Gasteiger partial charge in [0.1, 0.15) is 11.6 Å². The summed E-state index contributed by atoms with van der Waals surface area (Å²) in [4.78, 5) is 16.5. The number of anilines is 1. The molecule has 0 saturated carbocycles. The van der Waals surface area contributed by atoms with Gasteiger partial charge in [0.15, 0.2) is 0 Å². The van der Waals surface area contributed by atoms with Crippen molar-refractivity contribution >= 4 is 11.6 Å². The van der Waals surface area contributed by atoms with Crippen molar-refractivity contribution in [3.8, 4) is 11.4 Å². The molecule has 1 amide bonds. The zero-order valence-electron chi connectivity index (χ0n) is 15.6. The van der Waals surface area contributed by atoms with Crippen LogP contribution < -0.4 is 9.64 Å². The summed E-state index contributed by atoms with van der Waals surface area (Å²) < 4.78 is 20.4. The van der Waals surface area contributed by atoms with Crippen LogP contribution in [-0.2, 0) is 11.3 Å². The molecule has 0 N–H and O–H groups in total. The molecule has 0 aliphatic carbocycles. The molecule has 0 atom stereocenters. The van der Waals surface area contributed by atoms with Gasteiger partial charge in [0.05, 0.1) is 31.2 Å². The van der Waals surface area contributed by atoms with Gasteiger partial charge in [0, 0.05) is 31.4 Å². The van der Waals surface area contributed by atoms with Gasteiger partial charge in [-0.05, 0) is 30.3 Å². The number of methoxy groups -OCH3 is 1. The Hall–Kier alpha value is -3.19. The Bertz CT molecular complexity index is 988. The first-order chi connectivity index (χ1) is 13.6. The number of ether oxygens (including phenoxy) is 1. The normalized spacial score (nSPS) is 15.1. The first kappa shape index (κ1) is 18.2. The van der Waals surface area contributed by atoms with Gasteiger partial charge in [0.2, 0.25) is 5.91 Å². The van der Waals surface area contributed by atoms with E-state index < -0.39 is 0 Å². The molecule has 0 unspecified atom stereocenters. The maximum atomic E-state index is 13.4. The summed E-state index contributed by atoms with van der Waals surface area (Å²) in [7, 11) is 1.61. The van der Waals surface area contributed by atoms with Gasteiger partial charge < -0.3 is 9.64 Å². The van der Waals surface area contributed by atoms with E-state index in [-0.39, 0.29) is 11.7 Å². The minimum atomic E-state index is -0.299. The predicted molar refractivity (Wildman–Crippen MR) is 104 cm³/mol. The maximum Gasteiger partial charge on any atom is 0.241 e. The molecule has 6 nitrogen and oxygen atoms in total. The highest BCUT2D eigenvalue weighted by molar-refractivity contribution is 5.96. The number of para-hydroxylation sites is 2. The highest BCUT2D eigenvalue weighted by Gasteiger charge is 2.27. The average molecular weight is 380 g/mol. The summed E-state index contributed by atoms with van der Waals surface area (Å²) in [6.07, 6.45) is 3.62. The van der Waals surface area contributed by atoms with Gasteiger partial charge in [0.25, 0.3) is 0 Å². The molecule has 1 aliphatic heterocycles. The number of rotatable bonds is 5. The van der Waals surface area contributed by atoms with Crippen molar-refractivity contribution < 1.29 is 13.9 Å². The first-order valence-corrected chi connectivity index (χ1v) is 9.09. The fraction of sp³-hybridized carbons (Fsp3) is 0.238. The molecule has 4 rings (SSSR count). The fourth-order valence-electron chi connectivity index (χ4n) is 3.42. The van der Waals surface area contributed by atoms with E-state index in [9.17, 15) is 9.18 Å². The van der Waals surface area contributed by atoms with Crippen molar-refractivity contribution in [2.24, 2.45) is 0 Å². The van der Waals surface area contributed by atoms with Gasteiger partial charge in [-0.25, -0.2) is 9.07 Å². The number of hydrogen-bond donors (Lipinski definition) is 0. The van der Waals surface area contributed by atoms with Crippen LogP contribution in [0.5, 0.6) is 5.75 Å².